The fourth-order valence-corrected chi connectivity index (χ4v) is 7.96. The Kier molecular flexibility index (Phi) is 7.69. The van der Waals surface area contributed by atoms with Crippen molar-refractivity contribution >= 4 is 72.6 Å². The van der Waals surface area contributed by atoms with Crippen molar-refractivity contribution in [1.29, 1.82) is 0 Å². The third-order valence-electron chi connectivity index (χ3n) is 9.22. The summed E-state index contributed by atoms with van der Waals surface area (Å²) in [5.74, 6) is -3.19. The van der Waals surface area contributed by atoms with Crippen molar-refractivity contribution in [1.82, 2.24) is 19.8 Å². The normalized spacial score (nSPS) is 20.0. The van der Waals surface area contributed by atoms with Gasteiger partial charge in [-0.2, -0.15) is 13.5 Å². The topological polar surface area (TPSA) is 183 Å². The molecule has 0 spiro atoms. The van der Waals surface area contributed by atoms with E-state index < -0.39 is 46.0 Å². The molecular formula is C32H32FN7O7S. The van der Waals surface area contributed by atoms with Crippen molar-refractivity contribution in [3.63, 3.8) is 0 Å². The molecule has 1 unspecified atom stereocenters. The maximum atomic E-state index is 15.4. The van der Waals surface area contributed by atoms with Gasteiger partial charge in [0.1, 0.15) is 24.0 Å². The molecule has 48 heavy (non-hydrogen) atoms. The van der Waals surface area contributed by atoms with Crippen LogP contribution in [0.3, 0.4) is 0 Å². The van der Waals surface area contributed by atoms with Crippen molar-refractivity contribution in [3.8, 4) is 5.75 Å². The predicted molar refractivity (Wildman–Crippen MR) is 174 cm³/mol. The SMILES string of the molecule is Cc1nn(C2CCC(=O)NC2=O)c2ccc(N3CCC(CC(=O)Nc4ccc5c(F)c(N6CC(=O)NS6(=O)=O)c(O)cc5c4)CC3)cc12. The average molecular weight is 678 g/mol. The quantitative estimate of drug-likeness (QED) is 0.223. The Labute approximate surface area is 274 Å². The zero-order valence-corrected chi connectivity index (χ0v) is 26.6. The molecule has 250 valence electrons. The van der Waals surface area contributed by atoms with Crippen LogP contribution in [0.4, 0.5) is 21.5 Å². The van der Waals surface area contributed by atoms with E-state index in [-0.39, 0.29) is 47.3 Å². The van der Waals surface area contributed by atoms with Gasteiger partial charge in [0.05, 0.1) is 11.2 Å². The second-order valence-corrected chi connectivity index (χ2v) is 14.0. The van der Waals surface area contributed by atoms with Gasteiger partial charge in [0.25, 0.3) is 11.8 Å². The molecule has 16 heteroatoms. The number of carbonyl (C=O) groups is 4. The number of fused-ring (bicyclic) bond motifs is 2. The van der Waals surface area contributed by atoms with Gasteiger partial charge in [-0.05, 0) is 80.0 Å². The molecule has 14 nitrogen and oxygen atoms in total. The van der Waals surface area contributed by atoms with Crippen molar-refractivity contribution in [2.45, 2.75) is 45.1 Å². The lowest BCUT2D eigenvalue weighted by Crippen LogP contribution is -2.42. The maximum absolute atomic E-state index is 15.4. The van der Waals surface area contributed by atoms with Crippen molar-refractivity contribution in [3.05, 3.63) is 54.0 Å². The molecule has 3 aliphatic rings. The summed E-state index contributed by atoms with van der Waals surface area (Å²) in [7, 11) is -4.33. The first kappa shape index (κ1) is 31.4. The minimum atomic E-state index is -4.33. The van der Waals surface area contributed by atoms with Gasteiger partial charge < -0.3 is 15.3 Å². The van der Waals surface area contributed by atoms with Crippen LogP contribution in [0.1, 0.15) is 43.8 Å². The van der Waals surface area contributed by atoms with E-state index >= 15 is 4.39 Å². The molecule has 3 aromatic carbocycles. The summed E-state index contributed by atoms with van der Waals surface area (Å²) >= 11 is 0. The van der Waals surface area contributed by atoms with Crippen LogP contribution >= 0.6 is 0 Å². The highest BCUT2D eigenvalue weighted by Crippen LogP contribution is 2.39. The Hall–Kier alpha value is -5.25. The molecule has 4 amide bonds. The van der Waals surface area contributed by atoms with Crippen LogP contribution in [-0.4, -0.2) is 66.6 Å². The molecule has 0 aliphatic carbocycles. The van der Waals surface area contributed by atoms with E-state index in [0.717, 1.165) is 48.2 Å². The Bertz CT molecular complexity index is 2140. The van der Waals surface area contributed by atoms with Crippen LogP contribution in [-0.2, 0) is 29.4 Å². The lowest BCUT2D eigenvalue weighted by molar-refractivity contribution is -0.136. The molecular weight excluding hydrogens is 645 g/mol. The van der Waals surface area contributed by atoms with Crippen LogP contribution in [0.25, 0.3) is 21.7 Å². The smallest absolute Gasteiger partial charge is 0.326 e. The Balaban J connectivity index is 0.982. The number of aryl methyl sites for hydroxylation is 1. The van der Waals surface area contributed by atoms with Crippen molar-refractivity contribution in [2.75, 3.05) is 34.2 Å². The summed E-state index contributed by atoms with van der Waals surface area (Å²) in [4.78, 5) is 50.9. The van der Waals surface area contributed by atoms with E-state index in [1.165, 1.54) is 24.3 Å². The Morgan fingerprint density at radius 3 is 2.52 bits per heavy atom. The fourth-order valence-electron chi connectivity index (χ4n) is 6.80. The number of benzene rings is 3. The van der Waals surface area contributed by atoms with E-state index in [1.54, 1.807) is 9.40 Å². The number of nitrogens with one attached hydrogen (secondary N) is 3. The average Bonchev–Trinajstić information content (AvgIpc) is 3.50. The van der Waals surface area contributed by atoms with Crippen molar-refractivity contribution in [2.24, 2.45) is 5.92 Å². The number of phenols is 1. The number of aromatic hydroxyl groups is 1. The van der Waals surface area contributed by atoms with Gasteiger partial charge in [-0.3, -0.25) is 29.2 Å². The van der Waals surface area contributed by atoms with Crippen molar-refractivity contribution < 1.29 is 37.1 Å². The zero-order chi connectivity index (χ0) is 33.9. The molecule has 0 saturated carbocycles. The summed E-state index contributed by atoms with van der Waals surface area (Å²) in [6.07, 6.45) is 2.54. The number of amides is 4. The molecule has 4 heterocycles. The number of hydrogen-bond donors (Lipinski definition) is 4. The highest BCUT2D eigenvalue weighted by atomic mass is 32.2. The summed E-state index contributed by atoms with van der Waals surface area (Å²) in [6.45, 7) is 2.73. The number of piperidine rings is 2. The summed E-state index contributed by atoms with van der Waals surface area (Å²) in [6, 6.07) is 11.0. The first-order valence-electron chi connectivity index (χ1n) is 15.5. The van der Waals surface area contributed by atoms with Crippen LogP contribution in [0.15, 0.2) is 42.5 Å². The second kappa shape index (κ2) is 11.8. The van der Waals surface area contributed by atoms with E-state index in [0.29, 0.717) is 16.4 Å². The predicted octanol–water partition coefficient (Wildman–Crippen LogP) is 2.75. The van der Waals surface area contributed by atoms with E-state index in [9.17, 15) is 32.7 Å². The molecule has 3 fully saturated rings. The summed E-state index contributed by atoms with van der Waals surface area (Å²) < 4.78 is 43.7. The number of rotatable bonds is 6. The number of carbonyl (C=O) groups excluding carboxylic acids is 4. The molecule has 3 saturated heterocycles. The number of aromatic nitrogens is 2. The first-order chi connectivity index (χ1) is 22.9. The highest BCUT2D eigenvalue weighted by Gasteiger charge is 2.38. The number of halogens is 1. The fraction of sp³-hybridized carbons (Fsp3) is 0.344. The molecule has 7 rings (SSSR count). The molecule has 1 aromatic heterocycles. The monoisotopic (exact) mass is 677 g/mol. The van der Waals surface area contributed by atoms with Crippen LogP contribution in [0, 0.1) is 18.7 Å². The summed E-state index contributed by atoms with van der Waals surface area (Å²) in [5, 5.41) is 21.5. The minimum Gasteiger partial charge on any atom is -0.506 e. The minimum absolute atomic E-state index is 0.0134. The lowest BCUT2D eigenvalue weighted by atomic mass is 9.92. The zero-order valence-electron chi connectivity index (χ0n) is 25.8. The number of imide groups is 1. The van der Waals surface area contributed by atoms with Crippen LogP contribution in [0.5, 0.6) is 5.75 Å². The van der Waals surface area contributed by atoms with Gasteiger partial charge in [0.15, 0.2) is 5.82 Å². The maximum Gasteiger partial charge on any atom is 0.326 e. The van der Waals surface area contributed by atoms with Crippen LogP contribution in [0.2, 0.25) is 0 Å². The standard InChI is InChI=1S/C32H32FN7O7S/c1-17-23-15-21(3-5-24(23)40(36-17)25-6-7-27(42)35-32(25)45)38-10-8-18(9-11-38)12-28(43)34-20-2-4-22-19(13-20)14-26(41)31(30(22)33)39-16-29(44)37-48(39,46)47/h2-5,13-15,18,25,41H,6-12,16H2,1H3,(H,34,43)(H,37,44)(H,35,42,45). The van der Waals surface area contributed by atoms with Gasteiger partial charge in [0, 0.05) is 48.1 Å². The molecule has 0 bridgehead atoms. The Morgan fingerprint density at radius 1 is 1.04 bits per heavy atom. The molecule has 3 aliphatic heterocycles. The third kappa shape index (κ3) is 5.65. The van der Waals surface area contributed by atoms with Gasteiger partial charge >= 0.3 is 10.2 Å². The largest absolute Gasteiger partial charge is 0.506 e. The molecule has 1 atom stereocenters. The number of hydrogen-bond acceptors (Lipinski definition) is 9. The van der Waals surface area contributed by atoms with E-state index in [2.05, 4.69) is 26.7 Å². The number of nitrogens with zero attached hydrogens (tertiary/aromatic N) is 4. The first-order valence-corrected chi connectivity index (χ1v) is 17.0. The number of anilines is 3. The second-order valence-electron chi connectivity index (χ2n) is 12.4. The summed E-state index contributed by atoms with van der Waals surface area (Å²) in [5.41, 5.74) is 2.42. The molecule has 4 aromatic rings. The van der Waals surface area contributed by atoms with Gasteiger partial charge in [0.2, 0.25) is 11.8 Å². The molecule has 0 radical (unpaired) electrons. The highest BCUT2D eigenvalue weighted by molar-refractivity contribution is 7.92. The Morgan fingerprint density at radius 2 is 1.81 bits per heavy atom. The third-order valence-corrected chi connectivity index (χ3v) is 10.6. The number of phenolic OH excluding ortho intramolecular Hbond substituents is 1. The van der Waals surface area contributed by atoms with Crippen LogP contribution < -0.4 is 24.6 Å². The van der Waals surface area contributed by atoms with Gasteiger partial charge in [-0.1, -0.05) is 0 Å². The van der Waals surface area contributed by atoms with Gasteiger partial charge in [-0.15, -0.1) is 0 Å². The lowest BCUT2D eigenvalue weighted by Gasteiger charge is -2.33. The molecule has 4 N–H and O–H groups in total. The van der Waals surface area contributed by atoms with E-state index in [1.807, 2.05) is 19.1 Å². The van der Waals surface area contributed by atoms with Gasteiger partial charge in [-0.25, -0.2) is 13.4 Å². The van der Waals surface area contributed by atoms with E-state index in [4.69, 9.17) is 0 Å².